The first-order valence-corrected chi connectivity index (χ1v) is 10.4. The maximum Gasteiger partial charge on any atom is 0.221 e. The molecule has 150 valence electrons. The fraction of sp³-hybridized carbons (Fsp3) is 0.478. The van der Waals surface area contributed by atoms with Gasteiger partial charge in [0.2, 0.25) is 11.0 Å². The molecule has 1 amide bonds. The lowest BCUT2D eigenvalue weighted by atomic mass is 9.91. The van der Waals surface area contributed by atoms with Crippen LogP contribution in [0.4, 0.5) is 0 Å². The standard InChI is InChI=1S/C21H29NO2S.C2H6/c1-6-11-17(7-2)25-20(24)18(14-16-12-9-8-10-13-16)22-19(23)15-21(3,4)5;1-2/h6-13,18H,14-15H2,1-5H3,(H,22,23);1-2H3/b11-6-,17-7+;. The van der Waals surface area contributed by atoms with Gasteiger partial charge in [0.05, 0.1) is 0 Å². The minimum atomic E-state index is -0.539. The van der Waals surface area contributed by atoms with E-state index in [2.05, 4.69) is 5.32 Å². The zero-order chi connectivity index (χ0) is 20.9. The molecule has 1 rings (SSSR count). The van der Waals surface area contributed by atoms with Crippen LogP contribution in [0.3, 0.4) is 0 Å². The van der Waals surface area contributed by atoms with Crippen LogP contribution in [0.25, 0.3) is 0 Å². The van der Waals surface area contributed by atoms with Gasteiger partial charge in [0.25, 0.3) is 0 Å². The van der Waals surface area contributed by atoms with E-state index in [-0.39, 0.29) is 16.4 Å². The lowest BCUT2D eigenvalue weighted by Gasteiger charge is -2.22. The number of nitrogens with one attached hydrogen (secondary N) is 1. The molecule has 1 atom stereocenters. The van der Waals surface area contributed by atoms with E-state index < -0.39 is 6.04 Å². The number of rotatable bonds is 7. The number of hydrogen-bond acceptors (Lipinski definition) is 3. The van der Waals surface area contributed by atoms with Gasteiger partial charge in [0, 0.05) is 17.7 Å². The van der Waals surface area contributed by atoms with Crippen LogP contribution >= 0.6 is 11.8 Å². The Labute approximate surface area is 169 Å². The summed E-state index contributed by atoms with van der Waals surface area (Å²) < 4.78 is 0. The Kier molecular flexibility index (Phi) is 12.5. The van der Waals surface area contributed by atoms with Crippen LogP contribution in [-0.4, -0.2) is 17.1 Å². The molecule has 0 heterocycles. The number of carbonyl (C=O) groups excluding carboxylic acids is 2. The monoisotopic (exact) mass is 389 g/mol. The topological polar surface area (TPSA) is 46.2 Å². The Morgan fingerprint density at radius 3 is 2.19 bits per heavy atom. The molecule has 1 N–H and O–H groups in total. The number of benzene rings is 1. The predicted molar refractivity (Wildman–Crippen MR) is 119 cm³/mol. The molecule has 1 unspecified atom stereocenters. The summed E-state index contributed by atoms with van der Waals surface area (Å²) in [6.45, 7) is 13.9. The summed E-state index contributed by atoms with van der Waals surface area (Å²) >= 11 is 1.18. The molecular formula is C23H35NO2S. The molecule has 0 aliphatic carbocycles. The normalized spacial score (nSPS) is 12.9. The van der Waals surface area contributed by atoms with Crippen molar-refractivity contribution in [3.05, 3.63) is 59.0 Å². The third-order valence-corrected chi connectivity index (χ3v) is 4.52. The van der Waals surface area contributed by atoms with Crippen molar-refractivity contribution in [3.63, 3.8) is 0 Å². The zero-order valence-corrected chi connectivity index (χ0v) is 18.7. The van der Waals surface area contributed by atoms with Crippen molar-refractivity contribution < 1.29 is 9.59 Å². The Hall–Kier alpha value is -1.81. The van der Waals surface area contributed by atoms with Crippen LogP contribution in [0.15, 0.2) is 53.5 Å². The van der Waals surface area contributed by atoms with E-state index in [1.807, 2.05) is 97.0 Å². The Bertz CT molecular complexity index is 628. The van der Waals surface area contributed by atoms with Gasteiger partial charge in [0.15, 0.2) is 0 Å². The van der Waals surface area contributed by atoms with E-state index in [0.29, 0.717) is 12.8 Å². The molecule has 3 nitrogen and oxygen atoms in total. The molecule has 0 bridgehead atoms. The summed E-state index contributed by atoms with van der Waals surface area (Å²) in [7, 11) is 0. The van der Waals surface area contributed by atoms with Crippen molar-refractivity contribution in [1.82, 2.24) is 5.32 Å². The van der Waals surface area contributed by atoms with Crippen LogP contribution in [0.1, 0.15) is 60.5 Å². The van der Waals surface area contributed by atoms with Gasteiger partial charge in [-0.3, -0.25) is 9.59 Å². The van der Waals surface area contributed by atoms with E-state index in [1.54, 1.807) is 0 Å². The lowest BCUT2D eigenvalue weighted by molar-refractivity contribution is -0.126. The maximum atomic E-state index is 12.8. The molecular weight excluding hydrogens is 354 g/mol. The Morgan fingerprint density at radius 2 is 1.70 bits per heavy atom. The third-order valence-electron chi connectivity index (χ3n) is 3.43. The second-order valence-corrected chi connectivity index (χ2v) is 8.24. The van der Waals surface area contributed by atoms with E-state index in [9.17, 15) is 9.59 Å². The van der Waals surface area contributed by atoms with E-state index >= 15 is 0 Å². The van der Waals surface area contributed by atoms with Gasteiger partial charge >= 0.3 is 0 Å². The average Bonchev–Trinajstić information content (AvgIpc) is 2.61. The first kappa shape index (κ1) is 25.2. The molecule has 0 spiro atoms. The molecule has 1 aromatic rings. The molecule has 0 aliphatic rings. The average molecular weight is 390 g/mol. The molecule has 0 aliphatic heterocycles. The van der Waals surface area contributed by atoms with Crippen LogP contribution < -0.4 is 5.32 Å². The minimum absolute atomic E-state index is 0.0442. The van der Waals surface area contributed by atoms with E-state index in [1.165, 1.54) is 11.8 Å². The highest BCUT2D eigenvalue weighted by Crippen LogP contribution is 2.22. The first-order chi connectivity index (χ1) is 12.7. The zero-order valence-electron chi connectivity index (χ0n) is 17.8. The molecule has 1 aromatic carbocycles. The second-order valence-electron chi connectivity index (χ2n) is 7.16. The predicted octanol–water partition coefficient (Wildman–Crippen LogP) is 5.92. The van der Waals surface area contributed by atoms with Crippen molar-refractivity contribution in [2.45, 2.75) is 67.3 Å². The van der Waals surface area contributed by atoms with Gasteiger partial charge in [-0.05, 0) is 24.8 Å². The van der Waals surface area contributed by atoms with E-state index in [0.717, 1.165) is 10.5 Å². The highest BCUT2D eigenvalue weighted by Gasteiger charge is 2.24. The smallest absolute Gasteiger partial charge is 0.221 e. The summed E-state index contributed by atoms with van der Waals surface area (Å²) in [6.07, 6.45) is 6.59. The number of thioether (sulfide) groups is 1. The summed E-state index contributed by atoms with van der Waals surface area (Å²) in [5.41, 5.74) is 0.919. The summed E-state index contributed by atoms with van der Waals surface area (Å²) in [6, 6.07) is 9.24. The molecule has 0 aromatic heterocycles. The molecule has 0 fully saturated rings. The summed E-state index contributed by atoms with van der Waals surface area (Å²) in [5, 5.41) is 2.89. The fourth-order valence-corrected chi connectivity index (χ4v) is 3.15. The third kappa shape index (κ3) is 11.5. The number of carbonyl (C=O) groups is 2. The lowest BCUT2D eigenvalue weighted by Crippen LogP contribution is -2.42. The van der Waals surface area contributed by atoms with Crippen molar-refractivity contribution in [3.8, 4) is 0 Å². The van der Waals surface area contributed by atoms with Crippen molar-refractivity contribution in [1.29, 1.82) is 0 Å². The quantitative estimate of drug-likeness (QED) is 0.589. The van der Waals surface area contributed by atoms with Gasteiger partial charge in [0.1, 0.15) is 6.04 Å². The molecule has 0 saturated heterocycles. The van der Waals surface area contributed by atoms with E-state index in [4.69, 9.17) is 0 Å². The molecule has 0 saturated carbocycles. The van der Waals surface area contributed by atoms with Crippen LogP contribution in [0.2, 0.25) is 0 Å². The maximum absolute atomic E-state index is 12.8. The molecule has 4 heteroatoms. The van der Waals surface area contributed by atoms with Crippen LogP contribution in [0, 0.1) is 5.41 Å². The largest absolute Gasteiger partial charge is 0.345 e. The molecule has 27 heavy (non-hydrogen) atoms. The Balaban J connectivity index is 0.00000326. The van der Waals surface area contributed by atoms with Gasteiger partial charge in [-0.15, -0.1) is 0 Å². The van der Waals surface area contributed by atoms with Crippen molar-refractivity contribution in [2.75, 3.05) is 0 Å². The van der Waals surface area contributed by atoms with Crippen molar-refractivity contribution >= 4 is 22.8 Å². The van der Waals surface area contributed by atoms with Crippen LogP contribution in [0.5, 0.6) is 0 Å². The van der Waals surface area contributed by atoms with Gasteiger partial charge in [-0.2, -0.15) is 0 Å². The van der Waals surface area contributed by atoms with Crippen molar-refractivity contribution in [2.24, 2.45) is 5.41 Å². The van der Waals surface area contributed by atoms with Crippen LogP contribution in [-0.2, 0) is 16.0 Å². The summed E-state index contributed by atoms with van der Waals surface area (Å²) in [5.74, 6) is -0.0876. The number of hydrogen-bond donors (Lipinski definition) is 1. The Morgan fingerprint density at radius 1 is 1.11 bits per heavy atom. The SMILES string of the molecule is C/C=C\C(=C/C)SC(=O)C(Cc1ccccc1)NC(=O)CC(C)(C)C.CC. The fourth-order valence-electron chi connectivity index (χ4n) is 2.31. The number of allylic oxidation sites excluding steroid dienone is 3. The first-order valence-electron chi connectivity index (χ1n) is 9.59. The highest BCUT2D eigenvalue weighted by atomic mass is 32.2. The second kappa shape index (κ2) is 13.4. The van der Waals surface area contributed by atoms with Gasteiger partial charge in [-0.1, -0.05) is 94.9 Å². The minimum Gasteiger partial charge on any atom is -0.345 e. The van der Waals surface area contributed by atoms with Gasteiger partial charge < -0.3 is 5.32 Å². The number of amides is 1. The highest BCUT2D eigenvalue weighted by molar-refractivity contribution is 8.17. The van der Waals surface area contributed by atoms with Gasteiger partial charge in [-0.25, -0.2) is 0 Å². The summed E-state index contributed by atoms with van der Waals surface area (Å²) in [4.78, 5) is 26.0. The molecule has 0 radical (unpaired) electrons.